The normalized spacial score (nSPS) is 22.6. The molecule has 1 aliphatic rings. The lowest BCUT2D eigenvalue weighted by atomic mass is 10.1. The first-order valence-corrected chi connectivity index (χ1v) is 6.39. The fourth-order valence-corrected chi connectivity index (χ4v) is 2.46. The fourth-order valence-electron chi connectivity index (χ4n) is 2.46. The molecule has 1 amide bonds. The molecular formula is C13H16FN3O3. The lowest BCUT2D eigenvalue weighted by Crippen LogP contribution is -2.57. The van der Waals surface area contributed by atoms with Gasteiger partial charge in [0, 0.05) is 31.2 Å². The van der Waals surface area contributed by atoms with Gasteiger partial charge in [0.15, 0.2) is 0 Å². The molecule has 0 spiro atoms. The summed E-state index contributed by atoms with van der Waals surface area (Å²) in [4.78, 5) is 23.9. The van der Waals surface area contributed by atoms with Crippen molar-refractivity contribution < 1.29 is 14.1 Å². The summed E-state index contributed by atoms with van der Waals surface area (Å²) in [5, 5.41) is 13.8. The number of hydrogen-bond acceptors (Lipinski definition) is 4. The maximum atomic E-state index is 13.9. The molecule has 0 bridgehead atoms. The summed E-state index contributed by atoms with van der Waals surface area (Å²) in [6, 6.07) is 3.00. The molecule has 1 aromatic rings. The first kappa shape index (κ1) is 14.4. The fraction of sp³-hybridized carbons (Fsp3) is 0.462. The number of halogens is 1. The van der Waals surface area contributed by atoms with E-state index in [4.69, 9.17) is 0 Å². The summed E-state index contributed by atoms with van der Waals surface area (Å²) >= 11 is 0. The SMILES string of the molecule is CC1CNCC(C)N1C(=O)c1ccc([N+](=O)[O-])cc1F. The standard InChI is InChI=1S/C13H16FN3O3/c1-8-6-15-7-9(2)16(8)13(18)11-4-3-10(17(19)20)5-12(11)14/h3-5,8-9,15H,6-7H2,1-2H3. The van der Waals surface area contributed by atoms with Gasteiger partial charge in [0.1, 0.15) is 5.82 Å². The van der Waals surface area contributed by atoms with Crippen LogP contribution < -0.4 is 5.32 Å². The van der Waals surface area contributed by atoms with Gasteiger partial charge < -0.3 is 10.2 Å². The van der Waals surface area contributed by atoms with Gasteiger partial charge >= 0.3 is 0 Å². The summed E-state index contributed by atoms with van der Waals surface area (Å²) in [5.41, 5.74) is -0.489. The minimum atomic E-state index is -0.859. The van der Waals surface area contributed by atoms with Gasteiger partial charge in [-0.25, -0.2) is 4.39 Å². The van der Waals surface area contributed by atoms with Gasteiger partial charge in [0.25, 0.3) is 11.6 Å². The number of rotatable bonds is 2. The van der Waals surface area contributed by atoms with Crippen molar-refractivity contribution in [2.75, 3.05) is 13.1 Å². The molecule has 1 heterocycles. The van der Waals surface area contributed by atoms with Gasteiger partial charge in [-0.3, -0.25) is 14.9 Å². The number of amides is 1. The monoisotopic (exact) mass is 281 g/mol. The van der Waals surface area contributed by atoms with Gasteiger partial charge in [0.05, 0.1) is 16.6 Å². The minimum Gasteiger partial charge on any atom is -0.331 e. The number of non-ortho nitro benzene ring substituents is 1. The molecule has 1 aromatic carbocycles. The van der Waals surface area contributed by atoms with Crippen LogP contribution in [0.4, 0.5) is 10.1 Å². The quantitative estimate of drug-likeness (QED) is 0.659. The summed E-state index contributed by atoms with van der Waals surface area (Å²) in [6.07, 6.45) is 0. The van der Waals surface area contributed by atoms with Crippen molar-refractivity contribution in [1.82, 2.24) is 10.2 Å². The van der Waals surface area contributed by atoms with Crippen LogP contribution in [0.5, 0.6) is 0 Å². The Morgan fingerprint density at radius 2 is 2.00 bits per heavy atom. The highest BCUT2D eigenvalue weighted by atomic mass is 19.1. The summed E-state index contributed by atoms with van der Waals surface area (Å²) in [5.74, 6) is -1.29. The molecule has 1 N–H and O–H groups in total. The number of nitro benzene ring substituents is 1. The van der Waals surface area contributed by atoms with E-state index in [-0.39, 0.29) is 23.3 Å². The van der Waals surface area contributed by atoms with E-state index in [0.29, 0.717) is 13.1 Å². The van der Waals surface area contributed by atoms with Crippen LogP contribution in [-0.4, -0.2) is 40.9 Å². The molecule has 2 rings (SSSR count). The summed E-state index contributed by atoms with van der Waals surface area (Å²) in [6.45, 7) is 5.04. The molecule has 1 aliphatic heterocycles. The molecule has 1 fully saturated rings. The third kappa shape index (κ3) is 2.62. The van der Waals surface area contributed by atoms with E-state index in [2.05, 4.69) is 5.32 Å². The number of piperazine rings is 1. The molecular weight excluding hydrogens is 265 g/mol. The first-order chi connectivity index (χ1) is 9.41. The van der Waals surface area contributed by atoms with Gasteiger partial charge in [-0.15, -0.1) is 0 Å². The number of benzene rings is 1. The predicted octanol–water partition coefficient (Wildman–Crippen LogP) is 1.56. The van der Waals surface area contributed by atoms with Crippen molar-refractivity contribution >= 4 is 11.6 Å². The number of nitrogens with zero attached hydrogens (tertiary/aromatic N) is 2. The molecule has 108 valence electrons. The Labute approximate surface area is 115 Å². The number of hydrogen-bond donors (Lipinski definition) is 1. The second-order valence-electron chi connectivity index (χ2n) is 4.99. The van der Waals surface area contributed by atoms with Gasteiger partial charge in [-0.1, -0.05) is 0 Å². The summed E-state index contributed by atoms with van der Waals surface area (Å²) < 4.78 is 13.9. The topological polar surface area (TPSA) is 75.5 Å². The Morgan fingerprint density at radius 1 is 1.40 bits per heavy atom. The van der Waals surface area contributed by atoms with E-state index in [0.717, 1.165) is 12.1 Å². The van der Waals surface area contributed by atoms with Crippen LogP contribution in [0.15, 0.2) is 18.2 Å². The number of nitrogens with one attached hydrogen (secondary N) is 1. The van der Waals surface area contributed by atoms with Gasteiger partial charge in [0.2, 0.25) is 0 Å². The van der Waals surface area contributed by atoms with E-state index < -0.39 is 16.6 Å². The van der Waals surface area contributed by atoms with Crippen molar-refractivity contribution in [3.8, 4) is 0 Å². The van der Waals surface area contributed by atoms with Crippen LogP contribution >= 0.6 is 0 Å². The molecule has 7 heteroatoms. The largest absolute Gasteiger partial charge is 0.331 e. The second-order valence-corrected chi connectivity index (χ2v) is 4.99. The Balaban J connectivity index is 2.31. The molecule has 6 nitrogen and oxygen atoms in total. The first-order valence-electron chi connectivity index (χ1n) is 6.39. The van der Waals surface area contributed by atoms with Crippen LogP contribution in [0.25, 0.3) is 0 Å². The number of carbonyl (C=O) groups is 1. The van der Waals surface area contributed by atoms with Crippen molar-refractivity contribution in [2.24, 2.45) is 0 Å². The lowest BCUT2D eigenvalue weighted by Gasteiger charge is -2.39. The van der Waals surface area contributed by atoms with Crippen molar-refractivity contribution in [1.29, 1.82) is 0 Å². The number of nitro groups is 1. The van der Waals surface area contributed by atoms with Crippen molar-refractivity contribution in [3.63, 3.8) is 0 Å². The third-order valence-corrected chi connectivity index (χ3v) is 3.46. The van der Waals surface area contributed by atoms with Gasteiger partial charge in [-0.05, 0) is 19.9 Å². The Hall–Kier alpha value is -2.02. The van der Waals surface area contributed by atoms with Crippen molar-refractivity contribution in [3.05, 3.63) is 39.7 Å². The third-order valence-electron chi connectivity index (χ3n) is 3.46. The van der Waals surface area contributed by atoms with E-state index in [1.54, 1.807) is 4.90 Å². The molecule has 20 heavy (non-hydrogen) atoms. The zero-order chi connectivity index (χ0) is 14.9. The van der Waals surface area contributed by atoms with Crippen LogP contribution in [0.1, 0.15) is 24.2 Å². The maximum Gasteiger partial charge on any atom is 0.272 e. The lowest BCUT2D eigenvalue weighted by molar-refractivity contribution is -0.385. The van der Waals surface area contributed by atoms with E-state index in [1.165, 1.54) is 6.07 Å². The highest BCUT2D eigenvalue weighted by molar-refractivity contribution is 5.95. The minimum absolute atomic E-state index is 0.0548. The highest BCUT2D eigenvalue weighted by Gasteiger charge is 2.31. The van der Waals surface area contributed by atoms with Crippen LogP contribution in [0, 0.1) is 15.9 Å². The molecule has 1 saturated heterocycles. The van der Waals surface area contributed by atoms with Crippen LogP contribution in [-0.2, 0) is 0 Å². The van der Waals surface area contributed by atoms with Crippen LogP contribution in [0.2, 0.25) is 0 Å². The molecule has 0 radical (unpaired) electrons. The Kier molecular flexibility index (Phi) is 3.99. The zero-order valence-electron chi connectivity index (χ0n) is 11.3. The average molecular weight is 281 g/mol. The van der Waals surface area contributed by atoms with E-state index in [9.17, 15) is 19.3 Å². The molecule has 2 unspecified atom stereocenters. The molecule has 0 aromatic heterocycles. The smallest absolute Gasteiger partial charge is 0.272 e. The maximum absolute atomic E-state index is 13.9. The van der Waals surface area contributed by atoms with E-state index >= 15 is 0 Å². The number of carbonyl (C=O) groups excluding carboxylic acids is 1. The van der Waals surface area contributed by atoms with Crippen molar-refractivity contribution in [2.45, 2.75) is 25.9 Å². The highest BCUT2D eigenvalue weighted by Crippen LogP contribution is 2.21. The van der Waals surface area contributed by atoms with Gasteiger partial charge in [-0.2, -0.15) is 0 Å². The average Bonchev–Trinajstić information content (AvgIpc) is 2.38. The summed E-state index contributed by atoms with van der Waals surface area (Å²) in [7, 11) is 0. The predicted molar refractivity (Wildman–Crippen MR) is 71.0 cm³/mol. The zero-order valence-corrected chi connectivity index (χ0v) is 11.3. The Morgan fingerprint density at radius 3 is 2.50 bits per heavy atom. The second kappa shape index (κ2) is 5.54. The van der Waals surface area contributed by atoms with E-state index in [1.807, 2.05) is 13.8 Å². The molecule has 2 atom stereocenters. The Bertz CT molecular complexity index is 540. The van der Waals surface area contributed by atoms with Crippen LogP contribution in [0.3, 0.4) is 0 Å². The molecule has 0 aliphatic carbocycles. The molecule has 0 saturated carbocycles.